The molecule has 0 saturated heterocycles. The van der Waals surface area contributed by atoms with Crippen molar-refractivity contribution >= 4 is 9.04 Å². The Kier molecular flexibility index (Phi) is 7.19. The Morgan fingerprint density at radius 3 is 2.20 bits per heavy atom. The van der Waals surface area contributed by atoms with Crippen molar-refractivity contribution in [3.05, 3.63) is 0 Å². The van der Waals surface area contributed by atoms with Crippen LogP contribution in [0.25, 0.3) is 0 Å². The van der Waals surface area contributed by atoms with Crippen molar-refractivity contribution in [2.75, 3.05) is 0 Å². The van der Waals surface area contributed by atoms with Crippen molar-refractivity contribution in [1.29, 1.82) is 0 Å². The number of aliphatic hydroxyl groups excluding tert-OH is 1. The maximum atomic E-state index is 10.7. The largest absolute Gasteiger partial charge is 0.414 e. The average Bonchev–Trinajstić information content (AvgIpc) is 2.34. The zero-order valence-electron chi connectivity index (χ0n) is 14.1. The maximum Gasteiger partial charge on any atom is 0.171 e. The molecule has 3 atom stereocenters. The third-order valence-electron chi connectivity index (χ3n) is 4.35. The van der Waals surface area contributed by atoms with Crippen LogP contribution in [0.1, 0.15) is 59.3 Å². The van der Waals surface area contributed by atoms with Crippen molar-refractivity contribution < 1.29 is 9.53 Å². The van der Waals surface area contributed by atoms with Crippen molar-refractivity contribution in [2.24, 2.45) is 17.1 Å². The number of hydrogen-bond acceptors (Lipinski definition) is 3. The molecule has 0 aromatic carbocycles. The van der Waals surface area contributed by atoms with Crippen LogP contribution in [0.2, 0.25) is 13.1 Å². The van der Waals surface area contributed by atoms with Gasteiger partial charge < -0.3 is 15.3 Å². The molecule has 0 spiro atoms. The van der Waals surface area contributed by atoms with Crippen LogP contribution >= 0.6 is 0 Å². The number of rotatable bonds is 6. The Morgan fingerprint density at radius 2 is 1.75 bits per heavy atom. The molecule has 20 heavy (non-hydrogen) atoms. The van der Waals surface area contributed by atoms with Crippen LogP contribution in [0, 0.1) is 11.3 Å². The minimum atomic E-state index is -1.19. The molecule has 120 valence electrons. The van der Waals surface area contributed by atoms with Gasteiger partial charge in [0.15, 0.2) is 9.04 Å². The third-order valence-corrected chi connectivity index (χ3v) is 5.19. The van der Waals surface area contributed by atoms with Gasteiger partial charge in [0.25, 0.3) is 0 Å². The van der Waals surface area contributed by atoms with Crippen molar-refractivity contribution in [2.45, 2.75) is 90.6 Å². The summed E-state index contributed by atoms with van der Waals surface area (Å²) in [7, 11) is -1.19. The normalized spacial score (nSPS) is 22.8. The summed E-state index contributed by atoms with van der Waals surface area (Å²) in [6.45, 7) is 10.7. The van der Waals surface area contributed by atoms with Gasteiger partial charge in [-0.3, -0.25) is 0 Å². The second-order valence-corrected chi connectivity index (χ2v) is 10.2. The second kappa shape index (κ2) is 7.92. The predicted octanol–water partition coefficient (Wildman–Crippen LogP) is 3.06. The van der Waals surface area contributed by atoms with E-state index in [1.807, 2.05) is 0 Å². The van der Waals surface area contributed by atoms with E-state index in [1.165, 1.54) is 32.1 Å². The van der Waals surface area contributed by atoms with Gasteiger partial charge in [0.2, 0.25) is 0 Å². The van der Waals surface area contributed by atoms with E-state index in [2.05, 4.69) is 33.9 Å². The Morgan fingerprint density at radius 1 is 1.20 bits per heavy atom. The van der Waals surface area contributed by atoms with Crippen LogP contribution in [0.3, 0.4) is 0 Å². The fourth-order valence-corrected chi connectivity index (χ4v) is 4.42. The van der Waals surface area contributed by atoms with E-state index in [-0.39, 0.29) is 17.6 Å². The van der Waals surface area contributed by atoms with Crippen LogP contribution in [0.15, 0.2) is 0 Å². The SMILES string of the molecule is C[SiH](C)O[C@@H]([C@@H](O)[C@@H](N)CC1CCCCC1)C(C)(C)C. The molecule has 1 aliphatic carbocycles. The molecule has 0 radical (unpaired) electrons. The second-order valence-electron chi connectivity index (χ2n) is 7.87. The third kappa shape index (κ3) is 5.84. The summed E-state index contributed by atoms with van der Waals surface area (Å²) in [5.41, 5.74) is 6.24. The van der Waals surface area contributed by atoms with Crippen LogP contribution in [0.4, 0.5) is 0 Å². The molecule has 0 amide bonds. The molecule has 4 heteroatoms. The van der Waals surface area contributed by atoms with Gasteiger partial charge in [-0.1, -0.05) is 52.9 Å². The van der Waals surface area contributed by atoms with Crippen LogP contribution < -0.4 is 5.73 Å². The highest BCUT2D eigenvalue weighted by Crippen LogP contribution is 2.31. The molecule has 1 saturated carbocycles. The van der Waals surface area contributed by atoms with Gasteiger partial charge in [0.1, 0.15) is 0 Å². The highest BCUT2D eigenvalue weighted by atomic mass is 28.3. The summed E-state index contributed by atoms with van der Waals surface area (Å²) >= 11 is 0. The van der Waals surface area contributed by atoms with E-state index in [9.17, 15) is 5.11 Å². The highest BCUT2D eigenvalue weighted by Gasteiger charge is 2.36. The maximum absolute atomic E-state index is 10.7. The molecule has 0 aliphatic heterocycles. The lowest BCUT2D eigenvalue weighted by atomic mass is 9.79. The first kappa shape index (κ1) is 18.1. The lowest BCUT2D eigenvalue weighted by Crippen LogP contribution is -2.51. The summed E-state index contributed by atoms with van der Waals surface area (Å²) < 4.78 is 6.10. The summed E-state index contributed by atoms with van der Waals surface area (Å²) in [4.78, 5) is 0. The van der Waals surface area contributed by atoms with E-state index in [0.717, 1.165) is 6.42 Å². The molecule has 0 aromatic heterocycles. The fraction of sp³-hybridized carbons (Fsp3) is 1.00. The van der Waals surface area contributed by atoms with E-state index in [0.29, 0.717) is 5.92 Å². The van der Waals surface area contributed by atoms with Crippen LogP contribution in [0.5, 0.6) is 0 Å². The minimum absolute atomic E-state index is 0.0686. The highest BCUT2D eigenvalue weighted by molar-refractivity contribution is 6.48. The Labute approximate surface area is 127 Å². The monoisotopic (exact) mass is 301 g/mol. The lowest BCUT2D eigenvalue weighted by Gasteiger charge is -2.39. The van der Waals surface area contributed by atoms with Gasteiger partial charge in [0, 0.05) is 6.04 Å². The number of hydrogen-bond donors (Lipinski definition) is 2. The molecular weight excluding hydrogens is 266 g/mol. The van der Waals surface area contributed by atoms with Gasteiger partial charge in [-0.2, -0.15) is 0 Å². The molecule has 1 aliphatic rings. The first-order chi connectivity index (χ1) is 9.21. The van der Waals surface area contributed by atoms with Gasteiger partial charge >= 0.3 is 0 Å². The smallest absolute Gasteiger partial charge is 0.171 e. The summed E-state index contributed by atoms with van der Waals surface area (Å²) in [6.07, 6.45) is 6.81. The summed E-state index contributed by atoms with van der Waals surface area (Å²) in [5, 5.41) is 10.7. The molecule has 3 nitrogen and oxygen atoms in total. The molecule has 3 N–H and O–H groups in total. The summed E-state index contributed by atoms with van der Waals surface area (Å²) in [6, 6.07) is -0.157. The van der Waals surface area contributed by atoms with Gasteiger partial charge in [0.05, 0.1) is 12.2 Å². The van der Waals surface area contributed by atoms with Crippen LogP contribution in [-0.2, 0) is 4.43 Å². The zero-order chi connectivity index (χ0) is 15.3. The first-order valence-electron chi connectivity index (χ1n) is 8.31. The van der Waals surface area contributed by atoms with Crippen molar-refractivity contribution in [1.82, 2.24) is 0 Å². The zero-order valence-corrected chi connectivity index (χ0v) is 15.2. The molecular formula is C16H35NO2Si. The Balaban J connectivity index is 2.60. The molecule has 1 fully saturated rings. The molecule has 0 heterocycles. The van der Waals surface area contributed by atoms with E-state index >= 15 is 0 Å². The van der Waals surface area contributed by atoms with Crippen molar-refractivity contribution in [3.63, 3.8) is 0 Å². The number of aliphatic hydroxyl groups is 1. The quantitative estimate of drug-likeness (QED) is 0.741. The molecule has 0 aromatic rings. The Hall–Kier alpha value is 0.0969. The van der Waals surface area contributed by atoms with Crippen LogP contribution in [-0.4, -0.2) is 32.4 Å². The summed E-state index contributed by atoms with van der Waals surface area (Å²) in [5.74, 6) is 0.699. The fourth-order valence-electron chi connectivity index (χ4n) is 3.26. The van der Waals surface area contributed by atoms with Crippen molar-refractivity contribution in [3.8, 4) is 0 Å². The number of nitrogens with two attached hydrogens (primary N) is 1. The van der Waals surface area contributed by atoms with Gasteiger partial charge in [-0.05, 0) is 30.8 Å². The van der Waals surface area contributed by atoms with E-state index in [4.69, 9.17) is 10.2 Å². The van der Waals surface area contributed by atoms with Gasteiger partial charge in [-0.25, -0.2) is 0 Å². The first-order valence-corrected chi connectivity index (χ1v) is 11.1. The van der Waals surface area contributed by atoms with E-state index < -0.39 is 15.1 Å². The molecule has 0 bridgehead atoms. The van der Waals surface area contributed by atoms with Gasteiger partial charge in [-0.15, -0.1) is 0 Å². The van der Waals surface area contributed by atoms with E-state index in [1.54, 1.807) is 0 Å². The lowest BCUT2D eigenvalue weighted by molar-refractivity contribution is -0.0437. The topological polar surface area (TPSA) is 55.5 Å². The average molecular weight is 302 g/mol. The minimum Gasteiger partial charge on any atom is -0.414 e. The molecule has 1 rings (SSSR count). The predicted molar refractivity (Wildman–Crippen MR) is 88.4 cm³/mol. The Bertz CT molecular complexity index is 272. The molecule has 0 unspecified atom stereocenters. The standard InChI is InChI=1S/C16H35NO2Si/c1-16(2,3)15(19-20(4)5)14(18)13(17)11-12-9-7-6-8-10-12/h12-15,18,20H,6-11,17H2,1-5H3/t13-,14-,15-/m0/s1.